The summed E-state index contributed by atoms with van der Waals surface area (Å²) in [6.45, 7) is 2.39. The van der Waals surface area contributed by atoms with Crippen molar-refractivity contribution in [2.45, 2.75) is 25.9 Å². The molecule has 0 fully saturated rings. The van der Waals surface area contributed by atoms with Crippen molar-refractivity contribution in [3.8, 4) is 0 Å². The number of nitrogens with zero attached hydrogens (tertiary/aromatic N) is 2. The Bertz CT molecular complexity index is 1200. The fourth-order valence-corrected chi connectivity index (χ4v) is 5.41. The van der Waals surface area contributed by atoms with Gasteiger partial charge < -0.3 is 4.90 Å². The van der Waals surface area contributed by atoms with E-state index in [1.807, 2.05) is 31.2 Å². The number of sulfonamides is 1. The summed E-state index contributed by atoms with van der Waals surface area (Å²) < 4.78 is 25.6. The second kappa shape index (κ2) is 7.19. The lowest BCUT2D eigenvalue weighted by Gasteiger charge is -2.22. The van der Waals surface area contributed by atoms with E-state index in [0.29, 0.717) is 24.2 Å². The van der Waals surface area contributed by atoms with Gasteiger partial charge in [0, 0.05) is 25.2 Å². The Morgan fingerprint density at radius 1 is 1.07 bits per heavy atom. The molecule has 0 saturated heterocycles. The van der Waals surface area contributed by atoms with Gasteiger partial charge in [-0.25, -0.2) is 8.42 Å². The lowest BCUT2D eigenvalue weighted by molar-refractivity contribution is 0.0785. The minimum atomic E-state index is -3.34. The summed E-state index contributed by atoms with van der Waals surface area (Å²) in [4.78, 5) is 14.7. The molecule has 0 bridgehead atoms. The lowest BCUT2D eigenvalue weighted by Crippen LogP contribution is -2.34. The van der Waals surface area contributed by atoms with Crippen molar-refractivity contribution in [3.63, 3.8) is 0 Å². The molecule has 0 spiro atoms. The number of anilines is 1. The minimum Gasteiger partial charge on any atom is -0.337 e. The van der Waals surface area contributed by atoms with Crippen molar-refractivity contribution >= 4 is 32.4 Å². The molecule has 0 aromatic heterocycles. The van der Waals surface area contributed by atoms with Gasteiger partial charge in [-0.3, -0.25) is 9.10 Å². The van der Waals surface area contributed by atoms with Gasteiger partial charge >= 0.3 is 0 Å². The minimum absolute atomic E-state index is 0.0774. The molecule has 1 atom stereocenters. The van der Waals surface area contributed by atoms with Crippen LogP contribution in [0.5, 0.6) is 0 Å². The topological polar surface area (TPSA) is 57.7 Å². The molecule has 5 nitrogen and oxygen atoms in total. The van der Waals surface area contributed by atoms with E-state index in [2.05, 4.69) is 24.3 Å². The monoisotopic (exact) mass is 408 g/mol. The molecule has 0 radical (unpaired) electrons. The van der Waals surface area contributed by atoms with Crippen LogP contribution in [0.2, 0.25) is 0 Å². The first-order valence-electron chi connectivity index (χ1n) is 9.59. The molecule has 29 heavy (non-hydrogen) atoms. The Hall–Kier alpha value is -2.86. The third-order valence-electron chi connectivity index (χ3n) is 5.42. The van der Waals surface area contributed by atoms with Crippen molar-refractivity contribution in [3.05, 3.63) is 77.4 Å². The molecule has 1 heterocycles. The van der Waals surface area contributed by atoms with Crippen LogP contribution in [0.4, 0.5) is 5.69 Å². The third kappa shape index (κ3) is 3.72. The fraction of sp³-hybridized carbons (Fsp3) is 0.261. The first kappa shape index (κ1) is 19.5. The maximum Gasteiger partial charge on any atom is 0.253 e. The Kier molecular flexibility index (Phi) is 4.82. The molecular weight excluding hydrogens is 384 g/mol. The normalized spacial score (nSPS) is 16.1. The van der Waals surface area contributed by atoms with Crippen LogP contribution >= 0.6 is 0 Å². The highest BCUT2D eigenvalue weighted by molar-refractivity contribution is 7.92. The van der Waals surface area contributed by atoms with Gasteiger partial charge in [-0.2, -0.15) is 0 Å². The van der Waals surface area contributed by atoms with Crippen LogP contribution in [-0.4, -0.2) is 38.6 Å². The largest absolute Gasteiger partial charge is 0.337 e. The Morgan fingerprint density at radius 3 is 2.52 bits per heavy atom. The van der Waals surface area contributed by atoms with Crippen LogP contribution in [0.15, 0.2) is 60.7 Å². The zero-order chi connectivity index (χ0) is 20.8. The maximum absolute atomic E-state index is 13.0. The van der Waals surface area contributed by atoms with E-state index in [9.17, 15) is 13.2 Å². The first-order valence-corrected chi connectivity index (χ1v) is 11.4. The molecule has 1 aliphatic heterocycles. The number of carbonyl (C=O) groups excluding carboxylic acids is 1. The second-order valence-corrected chi connectivity index (χ2v) is 9.66. The molecule has 1 aliphatic rings. The van der Waals surface area contributed by atoms with Gasteiger partial charge in [0.15, 0.2) is 0 Å². The smallest absolute Gasteiger partial charge is 0.253 e. The van der Waals surface area contributed by atoms with Crippen molar-refractivity contribution in [2.24, 2.45) is 0 Å². The SMILES string of the molecule is CC1Cc2cc(C(=O)N(C)Cc3ccc4ccccc4c3)ccc2N1S(C)(=O)=O. The van der Waals surface area contributed by atoms with Crippen molar-refractivity contribution in [1.82, 2.24) is 4.90 Å². The average molecular weight is 409 g/mol. The molecule has 3 aromatic carbocycles. The van der Waals surface area contributed by atoms with Gasteiger partial charge in [0.2, 0.25) is 10.0 Å². The highest BCUT2D eigenvalue weighted by Crippen LogP contribution is 2.35. The molecule has 4 rings (SSSR count). The summed E-state index contributed by atoms with van der Waals surface area (Å²) in [7, 11) is -1.55. The van der Waals surface area contributed by atoms with E-state index in [1.165, 1.54) is 15.9 Å². The number of hydrogen-bond donors (Lipinski definition) is 0. The summed E-state index contributed by atoms with van der Waals surface area (Å²) in [6, 6.07) is 19.5. The number of fused-ring (bicyclic) bond motifs is 2. The summed E-state index contributed by atoms with van der Waals surface area (Å²) in [6.07, 6.45) is 1.83. The Morgan fingerprint density at radius 2 is 1.79 bits per heavy atom. The van der Waals surface area contributed by atoms with E-state index in [-0.39, 0.29) is 11.9 Å². The van der Waals surface area contributed by atoms with Crippen molar-refractivity contribution < 1.29 is 13.2 Å². The zero-order valence-corrected chi connectivity index (χ0v) is 17.6. The van der Waals surface area contributed by atoms with E-state index in [4.69, 9.17) is 0 Å². The van der Waals surface area contributed by atoms with Gasteiger partial charge in [-0.05, 0) is 59.5 Å². The quantitative estimate of drug-likeness (QED) is 0.659. The first-order chi connectivity index (χ1) is 13.7. The van der Waals surface area contributed by atoms with Crippen molar-refractivity contribution in [2.75, 3.05) is 17.6 Å². The summed E-state index contributed by atoms with van der Waals surface area (Å²) in [5, 5.41) is 2.33. The molecule has 1 unspecified atom stereocenters. The Labute approximate surface area is 171 Å². The summed E-state index contributed by atoms with van der Waals surface area (Å²) in [5.74, 6) is -0.0774. The van der Waals surface area contributed by atoms with Crippen LogP contribution in [0.3, 0.4) is 0 Å². The molecule has 0 N–H and O–H groups in total. The number of benzene rings is 3. The van der Waals surface area contributed by atoms with E-state index < -0.39 is 10.0 Å². The van der Waals surface area contributed by atoms with Crippen LogP contribution < -0.4 is 4.31 Å². The van der Waals surface area contributed by atoms with Gasteiger partial charge in [0.05, 0.1) is 11.9 Å². The molecule has 150 valence electrons. The van der Waals surface area contributed by atoms with Crippen LogP contribution in [0.1, 0.15) is 28.4 Å². The maximum atomic E-state index is 13.0. The zero-order valence-electron chi connectivity index (χ0n) is 16.8. The van der Waals surface area contributed by atoms with Gasteiger partial charge in [0.1, 0.15) is 0 Å². The van der Waals surface area contributed by atoms with E-state index in [1.54, 1.807) is 24.1 Å². The number of rotatable bonds is 4. The van der Waals surface area contributed by atoms with E-state index in [0.717, 1.165) is 16.5 Å². The van der Waals surface area contributed by atoms with Crippen molar-refractivity contribution in [1.29, 1.82) is 0 Å². The molecule has 3 aromatic rings. The summed E-state index contributed by atoms with van der Waals surface area (Å²) >= 11 is 0. The second-order valence-electron chi connectivity index (χ2n) is 7.80. The molecular formula is C23H24N2O3S. The van der Waals surface area contributed by atoms with E-state index >= 15 is 0 Å². The fourth-order valence-electron chi connectivity index (χ4n) is 4.14. The van der Waals surface area contributed by atoms with Crippen LogP contribution in [-0.2, 0) is 23.0 Å². The Balaban J connectivity index is 1.56. The average Bonchev–Trinajstić information content (AvgIpc) is 3.02. The third-order valence-corrected chi connectivity index (χ3v) is 6.69. The highest BCUT2D eigenvalue weighted by Gasteiger charge is 2.33. The molecule has 0 aliphatic carbocycles. The molecule has 6 heteroatoms. The van der Waals surface area contributed by atoms with Gasteiger partial charge in [-0.1, -0.05) is 36.4 Å². The predicted molar refractivity (Wildman–Crippen MR) is 117 cm³/mol. The summed E-state index contributed by atoms with van der Waals surface area (Å²) in [5.41, 5.74) is 3.22. The molecule has 1 amide bonds. The van der Waals surface area contributed by atoms with Gasteiger partial charge in [0.25, 0.3) is 5.91 Å². The standard InChI is InChI=1S/C23H24N2O3S/c1-16-12-21-14-20(10-11-22(21)25(16)29(3,27)28)23(26)24(2)15-17-8-9-18-6-4-5-7-19(18)13-17/h4-11,13-14,16H,12,15H2,1-3H3. The van der Waals surface area contributed by atoms with Crippen LogP contribution in [0, 0.1) is 0 Å². The number of hydrogen-bond acceptors (Lipinski definition) is 3. The lowest BCUT2D eigenvalue weighted by atomic mass is 10.0. The number of amides is 1. The predicted octanol–water partition coefficient (Wildman–Crippen LogP) is 3.82. The molecule has 0 saturated carbocycles. The van der Waals surface area contributed by atoms with Gasteiger partial charge in [-0.15, -0.1) is 0 Å². The van der Waals surface area contributed by atoms with Crippen LogP contribution in [0.25, 0.3) is 10.8 Å². The number of carbonyl (C=O) groups is 1. The highest BCUT2D eigenvalue weighted by atomic mass is 32.2.